The minimum atomic E-state index is -1.17. The standard InChI is InChI=1S/C7H5O.C5H9NO4.CH5N.CH4N.Zn/c8-6-7-4-2-1-3-5-7;6-3(5(9)10)1-2-4(7)8;2*1-2;/h1-5H;3H,1-2,6H2,(H,7,8)(H,9,10);2H2,1H3;2H,1H3;/q-1;;;-1;+2. The Morgan fingerprint density at radius 1 is 1.17 bits per heavy atom. The van der Waals surface area contributed by atoms with Crippen molar-refractivity contribution in [1.29, 1.82) is 0 Å². The number of benzene rings is 1. The normalized spacial score (nSPS) is 8.91. The van der Waals surface area contributed by atoms with Gasteiger partial charge in [0.25, 0.3) is 0 Å². The van der Waals surface area contributed by atoms with Crippen molar-refractivity contribution in [3.63, 3.8) is 0 Å². The van der Waals surface area contributed by atoms with Crippen LogP contribution in [0.2, 0.25) is 0 Å². The number of aliphatic carboxylic acids is 2. The maximum absolute atomic E-state index is 9.99. The average Bonchev–Trinajstić information content (AvgIpc) is 2.57. The number of carboxylic acid groups (broad SMARTS) is 2. The van der Waals surface area contributed by atoms with E-state index in [4.69, 9.17) is 21.7 Å². The van der Waals surface area contributed by atoms with E-state index in [9.17, 15) is 14.4 Å². The summed E-state index contributed by atoms with van der Waals surface area (Å²) in [5.41, 5.74) is 15.9. The number of hydrogen-bond donors (Lipinski definition) is 4. The van der Waals surface area contributed by atoms with E-state index in [-0.39, 0.29) is 32.3 Å². The summed E-state index contributed by atoms with van der Waals surface area (Å²) in [6, 6.07) is 7.84. The fraction of sp³-hybridized carbons (Fsp3) is 0.357. The predicted molar refractivity (Wildman–Crippen MR) is 84.1 cm³/mol. The third kappa shape index (κ3) is 22.7. The molecule has 0 bridgehead atoms. The molecule has 0 spiro atoms. The van der Waals surface area contributed by atoms with E-state index in [1.165, 1.54) is 14.1 Å². The quantitative estimate of drug-likeness (QED) is 0.430. The molecule has 0 saturated carbocycles. The van der Waals surface area contributed by atoms with Crippen LogP contribution in [-0.2, 0) is 33.9 Å². The van der Waals surface area contributed by atoms with Gasteiger partial charge in [0, 0.05) is 6.42 Å². The maximum Gasteiger partial charge on any atom is 2.00 e. The largest absolute Gasteiger partial charge is 2.00 e. The molecule has 0 amide bonds. The molecule has 1 rings (SSSR count). The summed E-state index contributed by atoms with van der Waals surface area (Å²) in [5.74, 6) is -2.20. The van der Waals surface area contributed by atoms with Crippen LogP contribution >= 0.6 is 0 Å². The number of carbonyl (C=O) groups is 2. The van der Waals surface area contributed by atoms with E-state index in [0.717, 1.165) is 0 Å². The number of nitrogens with two attached hydrogens (primary N) is 2. The first kappa shape index (κ1) is 29.4. The van der Waals surface area contributed by atoms with Gasteiger partial charge in [-0.3, -0.25) is 9.59 Å². The van der Waals surface area contributed by atoms with E-state index in [1.807, 2.05) is 6.07 Å². The van der Waals surface area contributed by atoms with Crippen molar-refractivity contribution in [1.82, 2.24) is 0 Å². The van der Waals surface area contributed by atoms with Crippen LogP contribution in [0.4, 0.5) is 0 Å². The van der Waals surface area contributed by atoms with Gasteiger partial charge < -0.3 is 32.2 Å². The van der Waals surface area contributed by atoms with Gasteiger partial charge in [-0.2, -0.15) is 24.7 Å². The van der Waals surface area contributed by atoms with E-state index in [1.54, 1.807) is 30.6 Å². The maximum atomic E-state index is 9.99. The first-order valence-corrected chi connectivity index (χ1v) is 6.18. The van der Waals surface area contributed by atoms with Gasteiger partial charge in [0.15, 0.2) is 0 Å². The molecule has 126 valence electrons. The summed E-state index contributed by atoms with van der Waals surface area (Å²) in [7, 11) is 2.75. The second-order valence-corrected chi connectivity index (χ2v) is 3.35. The van der Waals surface area contributed by atoms with Crippen molar-refractivity contribution < 1.29 is 44.1 Å². The van der Waals surface area contributed by atoms with Crippen LogP contribution in [0.15, 0.2) is 30.3 Å². The molecule has 1 aromatic rings. The second-order valence-electron chi connectivity index (χ2n) is 3.35. The molecule has 0 saturated heterocycles. The van der Waals surface area contributed by atoms with Crippen molar-refractivity contribution in [2.45, 2.75) is 18.9 Å². The third-order valence-electron chi connectivity index (χ3n) is 1.88. The van der Waals surface area contributed by atoms with E-state index in [2.05, 4.69) is 5.73 Å². The van der Waals surface area contributed by atoms with Crippen molar-refractivity contribution in [2.24, 2.45) is 11.5 Å². The molecule has 0 aromatic heterocycles. The van der Waals surface area contributed by atoms with Crippen molar-refractivity contribution in [3.8, 4) is 0 Å². The monoisotopic (exact) mass is 377 g/mol. The summed E-state index contributed by atoms with van der Waals surface area (Å²) < 4.78 is 0. The molecule has 1 atom stereocenters. The first-order valence-electron chi connectivity index (χ1n) is 6.18. The number of nitrogens with one attached hydrogen (secondary N) is 1. The zero-order valence-corrected chi connectivity index (χ0v) is 16.3. The van der Waals surface area contributed by atoms with Gasteiger partial charge in [0.1, 0.15) is 6.04 Å². The van der Waals surface area contributed by atoms with Crippen LogP contribution in [0.1, 0.15) is 18.4 Å². The summed E-state index contributed by atoms with van der Waals surface area (Å²) >= 11 is 0. The number of carbonyl (C=O) groups excluding carboxylic acids is 1. The Morgan fingerprint density at radius 3 is 1.87 bits per heavy atom. The van der Waals surface area contributed by atoms with Gasteiger partial charge in [-0.25, -0.2) is 0 Å². The van der Waals surface area contributed by atoms with E-state index >= 15 is 0 Å². The summed E-state index contributed by atoms with van der Waals surface area (Å²) in [5, 5.41) is 16.3. The Bertz CT molecular complexity index is 405. The van der Waals surface area contributed by atoms with Gasteiger partial charge in [0.2, 0.25) is 0 Å². The molecule has 1 unspecified atom stereocenters. The van der Waals surface area contributed by atoms with Crippen LogP contribution in [0.25, 0.3) is 5.73 Å². The molecule has 0 fully saturated rings. The Hall–Kier alpha value is -1.67. The topological polar surface area (TPSA) is 168 Å². The van der Waals surface area contributed by atoms with E-state index < -0.39 is 18.0 Å². The van der Waals surface area contributed by atoms with Gasteiger partial charge in [-0.1, -0.05) is 6.07 Å². The molecule has 0 radical (unpaired) electrons. The number of hydrogen-bond acceptors (Lipinski definition) is 5. The van der Waals surface area contributed by atoms with Gasteiger partial charge in [-0.05, 0) is 13.5 Å². The molecule has 0 aliphatic rings. The Balaban J connectivity index is -0.000000125. The molecular weight excluding hydrogens is 356 g/mol. The van der Waals surface area contributed by atoms with Crippen molar-refractivity contribution >= 4 is 18.2 Å². The fourth-order valence-corrected chi connectivity index (χ4v) is 0.909. The zero-order chi connectivity index (χ0) is 18.0. The SMILES string of the molecule is CN.C[NH-].NC(CCC(=O)O)C(=O)O.O=[C-]c1ccccc1.[Zn+2]. The summed E-state index contributed by atoms with van der Waals surface area (Å²) in [6.07, 6.45) is 1.55. The summed E-state index contributed by atoms with van der Waals surface area (Å²) in [6.45, 7) is 0. The molecule has 8 nitrogen and oxygen atoms in total. The minimum Gasteiger partial charge on any atom is -0.680 e. The molecule has 0 heterocycles. The second kappa shape index (κ2) is 22.6. The van der Waals surface area contributed by atoms with Crippen LogP contribution in [-0.4, -0.2) is 48.6 Å². The van der Waals surface area contributed by atoms with Gasteiger partial charge >= 0.3 is 31.4 Å². The molecule has 0 aliphatic heterocycles. The molecule has 23 heavy (non-hydrogen) atoms. The van der Waals surface area contributed by atoms with E-state index in [0.29, 0.717) is 5.56 Å². The van der Waals surface area contributed by atoms with Crippen LogP contribution in [0.5, 0.6) is 0 Å². The van der Waals surface area contributed by atoms with Crippen molar-refractivity contribution in [3.05, 3.63) is 41.6 Å². The molecule has 7 N–H and O–H groups in total. The Morgan fingerprint density at radius 2 is 1.61 bits per heavy atom. The number of carboxylic acids is 2. The smallest absolute Gasteiger partial charge is 0.680 e. The minimum absolute atomic E-state index is 0. The Labute approximate surface area is 148 Å². The predicted octanol–water partition coefficient (Wildman–Crippen LogP) is 0.648. The first-order chi connectivity index (χ1) is 10.5. The summed E-state index contributed by atoms with van der Waals surface area (Å²) in [4.78, 5) is 29.8. The third-order valence-corrected chi connectivity index (χ3v) is 1.88. The van der Waals surface area contributed by atoms with Crippen LogP contribution in [0, 0.1) is 0 Å². The number of rotatable bonds is 5. The van der Waals surface area contributed by atoms with Gasteiger partial charge in [-0.15, -0.1) is 12.1 Å². The average molecular weight is 379 g/mol. The molecule has 1 aromatic carbocycles. The zero-order valence-electron chi connectivity index (χ0n) is 13.4. The van der Waals surface area contributed by atoms with Crippen LogP contribution < -0.4 is 11.5 Å². The molecular formula is C14H23N3O5Zn. The fourth-order valence-electron chi connectivity index (χ4n) is 0.909. The van der Waals surface area contributed by atoms with Crippen molar-refractivity contribution in [2.75, 3.05) is 14.1 Å². The van der Waals surface area contributed by atoms with Crippen LogP contribution in [0.3, 0.4) is 0 Å². The van der Waals surface area contributed by atoms with Gasteiger partial charge in [0.05, 0.1) is 6.29 Å². The molecule has 0 aliphatic carbocycles. The molecule has 9 heteroatoms. The Kier molecular flexibility index (Phi) is 28.9.